The Bertz CT molecular complexity index is 1170. The van der Waals surface area contributed by atoms with E-state index in [1.165, 1.54) is 23.7 Å². The molecule has 0 fully saturated rings. The molecule has 174 valence electrons. The molecule has 0 aliphatic heterocycles. The summed E-state index contributed by atoms with van der Waals surface area (Å²) in [7, 11) is 0. The summed E-state index contributed by atoms with van der Waals surface area (Å²) in [5.74, 6) is -1.82. The Morgan fingerprint density at radius 3 is 2.39 bits per heavy atom. The Morgan fingerprint density at radius 1 is 1.12 bits per heavy atom. The fourth-order valence-corrected chi connectivity index (χ4v) is 3.41. The van der Waals surface area contributed by atoms with Gasteiger partial charge in [0.1, 0.15) is 10.7 Å². The minimum absolute atomic E-state index is 0.0147. The predicted octanol–water partition coefficient (Wildman–Crippen LogP) is 5.40. The maximum absolute atomic E-state index is 13.1. The molecule has 1 unspecified atom stereocenters. The van der Waals surface area contributed by atoms with Crippen molar-refractivity contribution in [3.63, 3.8) is 0 Å². The second-order valence-corrected chi connectivity index (χ2v) is 7.83. The van der Waals surface area contributed by atoms with Gasteiger partial charge in [0, 0.05) is 0 Å². The van der Waals surface area contributed by atoms with Gasteiger partial charge in [0.05, 0.1) is 23.5 Å². The van der Waals surface area contributed by atoms with Crippen LogP contribution in [0.5, 0.6) is 0 Å². The van der Waals surface area contributed by atoms with Crippen LogP contribution in [-0.2, 0) is 22.3 Å². The normalized spacial score (nSPS) is 12.3. The van der Waals surface area contributed by atoms with Crippen LogP contribution in [0.15, 0.2) is 48.5 Å². The summed E-state index contributed by atoms with van der Waals surface area (Å²) in [6.45, 7) is 5.10. The highest BCUT2D eigenvalue weighted by molar-refractivity contribution is 6.32. The van der Waals surface area contributed by atoms with Gasteiger partial charge in [0.15, 0.2) is 6.10 Å². The molecule has 1 amide bonds. The van der Waals surface area contributed by atoms with Gasteiger partial charge in [0.2, 0.25) is 0 Å². The molecule has 6 nitrogen and oxygen atoms in total. The van der Waals surface area contributed by atoms with E-state index in [0.717, 1.165) is 23.3 Å². The molecule has 2 aromatic carbocycles. The molecule has 0 radical (unpaired) electrons. The number of carbonyl (C=O) groups excluding carboxylic acids is 2. The number of benzene rings is 2. The molecule has 3 aromatic rings. The summed E-state index contributed by atoms with van der Waals surface area (Å²) in [5, 5.41) is 6.46. The fraction of sp³-hybridized carbons (Fsp3) is 0.261. The Labute approximate surface area is 193 Å². The van der Waals surface area contributed by atoms with Gasteiger partial charge in [-0.3, -0.25) is 4.79 Å². The van der Waals surface area contributed by atoms with Crippen LogP contribution in [0.25, 0.3) is 0 Å². The zero-order valence-electron chi connectivity index (χ0n) is 18.0. The lowest BCUT2D eigenvalue weighted by molar-refractivity contribution is -0.137. The van der Waals surface area contributed by atoms with E-state index >= 15 is 0 Å². The molecule has 1 atom stereocenters. The van der Waals surface area contributed by atoms with Gasteiger partial charge >= 0.3 is 12.1 Å². The van der Waals surface area contributed by atoms with E-state index in [1.54, 1.807) is 6.92 Å². The first-order valence-corrected chi connectivity index (χ1v) is 10.3. The predicted molar refractivity (Wildman–Crippen MR) is 117 cm³/mol. The van der Waals surface area contributed by atoms with E-state index < -0.39 is 35.4 Å². The number of rotatable bonds is 6. The Hall–Kier alpha value is -3.33. The maximum Gasteiger partial charge on any atom is 0.418 e. The average molecular weight is 480 g/mol. The lowest BCUT2D eigenvalue weighted by Crippen LogP contribution is -2.31. The standard InChI is InChI=1S/C23H21ClF3N3O3/c1-13-8-10-16(11-9-13)12-30-20(24)19(14(2)29-30)22(32)33-15(3)21(31)28-18-7-5-4-6-17(18)23(25,26)27/h4-11,15H,12H2,1-3H3,(H,28,31). The average Bonchev–Trinajstić information content (AvgIpc) is 3.02. The van der Waals surface area contributed by atoms with Gasteiger partial charge in [0.25, 0.3) is 5.91 Å². The summed E-state index contributed by atoms with van der Waals surface area (Å²) in [4.78, 5) is 25.1. The first-order chi connectivity index (χ1) is 15.5. The minimum atomic E-state index is -4.65. The summed E-state index contributed by atoms with van der Waals surface area (Å²) >= 11 is 6.34. The molecule has 1 heterocycles. The molecular weight excluding hydrogens is 459 g/mol. The number of halogens is 4. The number of amides is 1. The van der Waals surface area contributed by atoms with Crippen LogP contribution >= 0.6 is 11.6 Å². The third-order valence-electron chi connectivity index (χ3n) is 4.87. The highest BCUT2D eigenvalue weighted by atomic mass is 35.5. The Morgan fingerprint density at radius 2 is 1.76 bits per heavy atom. The zero-order chi connectivity index (χ0) is 24.3. The third-order valence-corrected chi connectivity index (χ3v) is 5.25. The van der Waals surface area contributed by atoms with Crippen molar-refractivity contribution in [1.29, 1.82) is 0 Å². The minimum Gasteiger partial charge on any atom is -0.449 e. The van der Waals surface area contributed by atoms with Crippen molar-refractivity contribution < 1.29 is 27.5 Å². The molecule has 3 rings (SSSR count). The number of para-hydroxylation sites is 1. The first-order valence-electron chi connectivity index (χ1n) is 9.94. The second-order valence-electron chi connectivity index (χ2n) is 7.47. The number of nitrogens with one attached hydrogen (secondary N) is 1. The number of aryl methyl sites for hydroxylation is 2. The van der Waals surface area contributed by atoms with Crippen molar-refractivity contribution in [2.45, 2.75) is 39.6 Å². The molecular formula is C23H21ClF3N3O3. The van der Waals surface area contributed by atoms with Crippen LogP contribution in [0, 0.1) is 13.8 Å². The van der Waals surface area contributed by atoms with Gasteiger partial charge in [-0.25, -0.2) is 9.48 Å². The summed E-state index contributed by atoms with van der Waals surface area (Å²) in [5.41, 5.74) is 0.856. The number of aromatic nitrogens is 2. The molecule has 0 bridgehead atoms. The van der Waals surface area contributed by atoms with E-state index in [-0.39, 0.29) is 10.7 Å². The molecule has 33 heavy (non-hydrogen) atoms. The van der Waals surface area contributed by atoms with Crippen LogP contribution in [-0.4, -0.2) is 27.8 Å². The monoisotopic (exact) mass is 479 g/mol. The summed E-state index contributed by atoms with van der Waals surface area (Å²) in [6, 6.07) is 12.2. The zero-order valence-corrected chi connectivity index (χ0v) is 18.8. The van der Waals surface area contributed by atoms with Gasteiger partial charge in [-0.2, -0.15) is 18.3 Å². The number of alkyl halides is 3. The van der Waals surface area contributed by atoms with Crippen molar-refractivity contribution in [2.24, 2.45) is 0 Å². The smallest absolute Gasteiger partial charge is 0.418 e. The van der Waals surface area contributed by atoms with Gasteiger partial charge < -0.3 is 10.1 Å². The number of esters is 1. The van der Waals surface area contributed by atoms with Crippen molar-refractivity contribution in [1.82, 2.24) is 9.78 Å². The second kappa shape index (κ2) is 9.66. The van der Waals surface area contributed by atoms with Crippen molar-refractivity contribution in [3.05, 3.63) is 81.6 Å². The van der Waals surface area contributed by atoms with Gasteiger partial charge in [-0.05, 0) is 38.5 Å². The quantitative estimate of drug-likeness (QED) is 0.480. The lowest BCUT2D eigenvalue weighted by Gasteiger charge is -2.16. The topological polar surface area (TPSA) is 73.2 Å². The van der Waals surface area contributed by atoms with Gasteiger partial charge in [-0.15, -0.1) is 0 Å². The molecule has 0 aliphatic rings. The van der Waals surface area contributed by atoms with Crippen LogP contribution in [0.4, 0.5) is 18.9 Å². The Balaban J connectivity index is 1.72. The Kier molecular flexibility index (Phi) is 7.12. The van der Waals surface area contributed by atoms with Crippen LogP contribution in [0.3, 0.4) is 0 Å². The molecule has 10 heteroatoms. The number of hydrogen-bond acceptors (Lipinski definition) is 4. The number of ether oxygens (including phenoxy) is 1. The molecule has 0 saturated heterocycles. The molecule has 1 aromatic heterocycles. The molecule has 0 aliphatic carbocycles. The highest BCUT2D eigenvalue weighted by Crippen LogP contribution is 2.34. The van der Waals surface area contributed by atoms with E-state index in [1.807, 2.05) is 31.2 Å². The summed E-state index contributed by atoms with van der Waals surface area (Å²) < 4.78 is 46.0. The molecule has 1 N–H and O–H groups in total. The molecule has 0 saturated carbocycles. The SMILES string of the molecule is Cc1ccc(Cn2nc(C)c(C(=O)OC(C)C(=O)Nc3ccccc3C(F)(F)F)c2Cl)cc1. The van der Waals surface area contributed by atoms with Crippen molar-refractivity contribution in [2.75, 3.05) is 5.32 Å². The highest BCUT2D eigenvalue weighted by Gasteiger charge is 2.34. The number of anilines is 1. The van der Waals surface area contributed by atoms with Crippen LogP contribution < -0.4 is 5.32 Å². The lowest BCUT2D eigenvalue weighted by atomic mass is 10.1. The van der Waals surface area contributed by atoms with Crippen LogP contribution in [0.1, 0.15) is 39.7 Å². The van der Waals surface area contributed by atoms with E-state index in [0.29, 0.717) is 12.2 Å². The van der Waals surface area contributed by atoms with Crippen molar-refractivity contribution in [3.8, 4) is 0 Å². The first kappa shape index (κ1) is 24.3. The number of carbonyl (C=O) groups is 2. The number of nitrogens with zero attached hydrogens (tertiary/aromatic N) is 2. The van der Waals surface area contributed by atoms with E-state index in [4.69, 9.17) is 16.3 Å². The number of hydrogen-bond donors (Lipinski definition) is 1. The third kappa shape index (κ3) is 5.73. The van der Waals surface area contributed by atoms with E-state index in [9.17, 15) is 22.8 Å². The fourth-order valence-electron chi connectivity index (χ4n) is 3.10. The van der Waals surface area contributed by atoms with Crippen molar-refractivity contribution >= 4 is 29.2 Å². The van der Waals surface area contributed by atoms with Crippen LogP contribution in [0.2, 0.25) is 5.15 Å². The maximum atomic E-state index is 13.1. The molecule has 0 spiro atoms. The summed E-state index contributed by atoms with van der Waals surface area (Å²) in [6.07, 6.45) is -6.03. The van der Waals surface area contributed by atoms with E-state index in [2.05, 4.69) is 10.4 Å². The largest absolute Gasteiger partial charge is 0.449 e. The van der Waals surface area contributed by atoms with Gasteiger partial charge in [-0.1, -0.05) is 53.6 Å².